The van der Waals surface area contributed by atoms with Crippen molar-refractivity contribution in [3.8, 4) is 0 Å². The Bertz CT molecular complexity index is 843. The van der Waals surface area contributed by atoms with E-state index in [9.17, 15) is 4.79 Å². The van der Waals surface area contributed by atoms with Crippen LogP contribution >= 0.6 is 0 Å². The molecule has 2 aromatic heterocycles. The zero-order chi connectivity index (χ0) is 19.7. The number of likely N-dealkylation sites (tertiary alicyclic amines) is 1. The molecule has 1 aliphatic carbocycles. The lowest BCUT2D eigenvalue weighted by atomic mass is 9.74. The quantitative estimate of drug-likeness (QED) is 0.809. The number of hydrogen-bond acceptors (Lipinski definition) is 6. The van der Waals surface area contributed by atoms with Crippen LogP contribution in [0, 0.1) is 11.3 Å². The minimum Gasteiger partial charge on any atom is -0.355 e. The number of carbonyl (C=O) groups is 1. The van der Waals surface area contributed by atoms with Crippen molar-refractivity contribution in [3.05, 3.63) is 48.5 Å². The van der Waals surface area contributed by atoms with E-state index in [1.165, 1.54) is 18.4 Å². The third-order valence-corrected chi connectivity index (χ3v) is 6.61. The van der Waals surface area contributed by atoms with Gasteiger partial charge in [0, 0.05) is 57.5 Å². The second kappa shape index (κ2) is 7.71. The van der Waals surface area contributed by atoms with Crippen LogP contribution in [0.3, 0.4) is 0 Å². The molecule has 1 saturated carbocycles. The van der Waals surface area contributed by atoms with Crippen molar-refractivity contribution in [2.24, 2.45) is 11.3 Å². The van der Waals surface area contributed by atoms with Crippen LogP contribution < -0.4 is 10.2 Å². The van der Waals surface area contributed by atoms with Crippen molar-refractivity contribution in [1.29, 1.82) is 0 Å². The first kappa shape index (κ1) is 18.5. The number of anilines is 1. The number of nitrogens with one attached hydrogen (secondary N) is 1. The number of fused-ring (bicyclic) bond motifs is 1. The summed E-state index contributed by atoms with van der Waals surface area (Å²) < 4.78 is 0. The van der Waals surface area contributed by atoms with Gasteiger partial charge in [-0.15, -0.1) is 0 Å². The Morgan fingerprint density at radius 1 is 1.21 bits per heavy atom. The van der Waals surface area contributed by atoms with Gasteiger partial charge < -0.3 is 10.2 Å². The third kappa shape index (κ3) is 3.71. The number of amides is 1. The fourth-order valence-corrected chi connectivity index (χ4v) is 4.97. The maximum Gasteiger partial charge on any atom is 0.229 e. The maximum atomic E-state index is 13.5. The van der Waals surface area contributed by atoms with E-state index in [-0.39, 0.29) is 11.9 Å². The van der Waals surface area contributed by atoms with Crippen molar-refractivity contribution < 1.29 is 4.79 Å². The summed E-state index contributed by atoms with van der Waals surface area (Å²) in [7, 11) is 0. The summed E-state index contributed by atoms with van der Waals surface area (Å²) >= 11 is 0. The van der Waals surface area contributed by atoms with Crippen molar-refractivity contribution in [2.75, 3.05) is 31.1 Å². The number of nitrogens with zero attached hydrogens (tertiary/aromatic N) is 5. The van der Waals surface area contributed by atoms with Gasteiger partial charge in [0.25, 0.3) is 0 Å². The number of aromatic nitrogens is 3. The van der Waals surface area contributed by atoms with E-state index in [2.05, 4.69) is 36.1 Å². The van der Waals surface area contributed by atoms with Crippen LogP contribution in [0.1, 0.15) is 31.2 Å². The summed E-state index contributed by atoms with van der Waals surface area (Å²) in [4.78, 5) is 31.4. The molecule has 152 valence electrons. The average molecular weight is 393 g/mol. The Kier molecular flexibility index (Phi) is 4.91. The van der Waals surface area contributed by atoms with Gasteiger partial charge in [0.1, 0.15) is 0 Å². The second-order valence-electron chi connectivity index (χ2n) is 8.70. The molecule has 0 aromatic carbocycles. The first-order chi connectivity index (χ1) is 14.2. The van der Waals surface area contributed by atoms with Gasteiger partial charge in [-0.3, -0.25) is 14.7 Å². The third-order valence-electron chi connectivity index (χ3n) is 6.61. The van der Waals surface area contributed by atoms with E-state index in [0.717, 1.165) is 51.5 Å². The molecule has 7 nitrogen and oxygen atoms in total. The lowest BCUT2D eigenvalue weighted by Gasteiger charge is -2.44. The first-order valence-electron chi connectivity index (χ1n) is 10.7. The van der Waals surface area contributed by atoms with Crippen LogP contribution in [0.4, 0.5) is 5.95 Å². The topological polar surface area (TPSA) is 74.2 Å². The Morgan fingerprint density at radius 3 is 2.83 bits per heavy atom. The summed E-state index contributed by atoms with van der Waals surface area (Å²) in [5.74, 6) is 1.63. The van der Waals surface area contributed by atoms with Crippen LogP contribution in [-0.2, 0) is 11.3 Å². The number of piperidine rings is 1. The van der Waals surface area contributed by atoms with Crippen molar-refractivity contribution in [3.63, 3.8) is 0 Å². The fraction of sp³-hybridized carbons (Fsp3) is 0.545. The normalized spacial score (nSPS) is 26.9. The zero-order valence-electron chi connectivity index (χ0n) is 16.7. The summed E-state index contributed by atoms with van der Waals surface area (Å²) in [6.07, 6.45) is 11.7. The molecule has 2 saturated heterocycles. The summed E-state index contributed by atoms with van der Waals surface area (Å²) in [6, 6.07) is 6.01. The van der Waals surface area contributed by atoms with Crippen LogP contribution in [0.25, 0.3) is 0 Å². The zero-order valence-corrected chi connectivity index (χ0v) is 16.7. The molecule has 3 fully saturated rings. The molecule has 2 aliphatic heterocycles. The van der Waals surface area contributed by atoms with Crippen LogP contribution in [-0.4, -0.2) is 58.0 Å². The van der Waals surface area contributed by atoms with Crippen molar-refractivity contribution in [2.45, 2.75) is 38.3 Å². The predicted molar refractivity (Wildman–Crippen MR) is 110 cm³/mol. The highest BCUT2D eigenvalue weighted by atomic mass is 16.2. The molecule has 0 bridgehead atoms. The van der Waals surface area contributed by atoms with Gasteiger partial charge in [-0.2, -0.15) is 0 Å². The molecule has 0 radical (unpaired) electrons. The fourth-order valence-electron chi connectivity index (χ4n) is 4.97. The molecule has 0 spiro atoms. The molecule has 2 aromatic rings. The van der Waals surface area contributed by atoms with Crippen molar-refractivity contribution in [1.82, 2.24) is 25.2 Å². The van der Waals surface area contributed by atoms with Gasteiger partial charge in [-0.1, -0.05) is 6.07 Å². The Labute approximate surface area is 171 Å². The van der Waals surface area contributed by atoms with Gasteiger partial charge in [-0.05, 0) is 49.3 Å². The molecule has 3 aliphatic rings. The maximum absolute atomic E-state index is 13.5. The summed E-state index contributed by atoms with van der Waals surface area (Å²) in [5.41, 5.74) is 0.774. The molecule has 2 atom stereocenters. The van der Waals surface area contributed by atoms with E-state index in [4.69, 9.17) is 0 Å². The summed E-state index contributed by atoms with van der Waals surface area (Å²) in [6.45, 7) is 4.13. The smallest absolute Gasteiger partial charge is 0.229 e. The molecule has 0 unspecified atom stereocenters. The second-order valence-corrected chi connectivity index (χ2v) is 8.70. The Balaban J connectivity index is 1.42. The molecular weight excluding hydrogens is 364 g/mol. The molecular formula is C22H28N6O. The van der Waals surface area contributed by atoms with Gasteiger partial charge in [0.2, 0.25) is 11.9 Å². The lowest BCUT2D eigenvalue weighted by Crippen LogP contribution is -2.59. The lowest BCUT2D eigenvalue weighted by molar-refractivity contribution is -0.132. The van der Waals surface area contributed by atoms with Crippen LogP contribution in [0.5, 0.6) is 0 Å². The van der Waals surface area contributed by atoms with Crippen LogP contribution in [0.2, 0.25) is 0 Å². The standard InChI is InChI=1S/C22H28N6O/c29-20(26-13-17-5-6-17)22-7-2-11-28(21-24-9-3-10-25-21)19(22)15-27(16-22)14-18-4-1-8-23-12-18/h1,3-4,8-10,12,17,19H,2,5-7,11,13-16H2,(H,26,29)/t19-,22-/m0/s1. The molecule has 29 heavy (non-hydrogen) atoms. The summed E-state index contributed by atoms with van der Waals surface area (Å²) in [5, 5.41) is 3.29. The number of rotatable bonds is 6. The SMILES string of the molecule is O=C(NCC1CC1)[C@]12CCCN(c3ncccn3)[C@H]1CN(Cc1cccnc1)C2. The van der Waals surface area contributed by atoms with Gasteiger partial charge in [-0.25, -0.2) is 9.97 Å². The van der Waals surface area contributed by atoms with Gasteiger partial charge >= 0.3 is 0 Å². The first-order valence-corrected chi connectivity index (χ1v) is 10.7. The van der Waals surface area contributed by atoms with Crippen molar-refractivity contribution >= 4 is 11.9 Å². The van der Waals surface area contributed by atoms with E-state index < -0.39 is 5.41 Å². The van der Waals surface area contributed by atoms with Gasteiger partial charge in [0.15, 0.2) is 0 Å². The number of carbonyl (C=O) groups excluding carboxylic acids is 1. The minimum atomic E-state index is -0.408. The average Bonchev–Trinajstić information content (AvgIpc) is 3.51. The van der Waals surface area contributed by atoms with Crippen LogP contribution in [0.15, 0.2) is 43.0 Å². The van der Waals surface area contributed by atoms with Gasteiger partial charge in [0.05, 0.1) is 11.5 Å². The van der Waals surface area contributed by atoms with E-state index in [0.29, 0.717) is 5.92 Å². The van der Waals surface area contributed by atoms with E-state index in [1.807, 2.05) is 18.3 Å². The molecule has 1 N–H and O–H groups in total. The molecule has 7 heteroatoms. The highest BCUT2D eigenvalue weighted by molar-refractivity contribution is 5.85. The molecule has 1 amide bonds. The highest BCUT2D eigenvalue weighted by Gasteiger charge is 2.56. The number of pyridine rings is 1. The Hall–Kier alpha value is -2.54. The number of hydrogen-bond donors (Lipinski definition) is 1. The molecule has 5 rings (SSSR count). The Morgan fingerprint density at radius 2 is 2.07 bits per heavy atom. The predicted octanol–water partition coefficient (Wildman–Crippen LogP) is 1.87. The monoisotopic (exact) mass is 392 g/mol. The largest absolute Gasteiger partial charge is 0.355 e. The molecule has 4 heterocycles. The van der Waals surface area contributed by atoms with E-state index in [1.54, 1.807) is 18.6 Å². The highest BCUT2D eigenvalue weighted by Crippen LogP contribution is 2.44. The van der Waals surface area contributed by atoms with E-state index >= 15 is 0 Å². The minimum absolute atomic E-state index is 0.0922.